The van der Waals surface area contributed by atoms with Crippen LogP contribution in [0.2, 0.25) is 0 Å². The first kappa shape index (κ1) is 14.6. The standard InChI is InChI=1S/C12H8F3N3O3/c13-6-1-4(2-7(14)9(6)15)11-17-10(16)5(3-8(19)20)12(21)18-11/h1-2H,3H2,(H,19,20)(H3,16,17,18,21). The number of rotatable bonds is 3. The number of nitrogens with two attached hydrogens (primary N) is 1. The highest BCUT2D eigenvalue weighted by molar-refractivity contribution is 5.72. The Morgan fingerprint density at radius 2 is 1.86 bits per heavy atom. The van der Waals surface area contributed by atoms with Crippen LogP contribution in [0.25, 0.3) is 11.4 Å². The van der Waals surface area contributed by atoms with Crippen LogP contribution in [0.5, 0.6) is 0 Å². The molecule has 0 bridgehead atoms. The predicted octanol–water partition coefficient (Wildman–Crippen LogP) is 1.06. The monoisotopic (exact) mass is 299 g/mol. The number of nitrogens with zero attached hydrogens (tertiary/aromatic N) is 1. The Balaban J connectivity index is 2.57. The van der Waals surface area contributed by atoms with E-state index in [2.05, 4.69) is 9.97 Å². The summed E-state index contributed by atoms with van der Waals surface area (Å²) in [4.78, 5) is 28.1. The average Bonchev–Trinajstić information content (AvgIpc) is 2.39. The fourth-order valence-electron chi connectivity index (χ4n) is 1.67. The molecule has 6 nitrogen and oxygen atoms in total. The van der Waals surface area contributed by atoms with E-state index in [9.17, 15) is 22.8 Å². The molecule has 2 aromatic rings. The summed E-state index contributed by atoms with van der Waals surface area (Å²) in [6.07, 6.45) is -0.652. The van der Waals surface area contributed by atoms with Gasteiger partial charge in [0.05, 0.1) is 12.0 Å². The van der Waals surface area contributed by atoms with Gasteiger partial charge < -0.3 is 15.8 Å². The Morgan fingerprint density at radius 3 is 2.33 bits per heavy atom. The highest BCUT2D eigenvalue weighted by atomic mass is 19.2. The summed E-state index contributed by atoms with van der Waals surface area (Å²) in [5.41, 5.74) is 4.08. The number of aliphatic carboxylic acids is 1. The molecule has 0 fully saturated rings. The van der Waals surface area contributed by atoms with Crippen LogP contribution < -0.4 is 11.3 Å². The number of halogens is 3. The number of carboxylic acid groups (broad SMARTS) is 1. The van der Waals surface area contributed by atoms with E-state index in [4.69, 9.17) is 10.8 Å². The van der Waals surface area contributed by atoms with Gasteiger partial charge in [0.1, 0.15) is 11.6 Å². The third kappa shape index (κ3) is 2.86. The van der Waals surface area contributed by atoms with Crippen molar-refractivity contribution in [3.63, 3.8) is 0 Å². The molecule has 0 unspecified atom stereocenters. The number of aromatic nitrogens is 2. The summed E-state index contributed by atoms with van der Waals surface area (Å²) in [7, 11) is 0. The lowest BCUT2D eigenvalue weighted by atomic mass is 10.1. The molecule has 0 aliphatic rings. The van der Waals surface area contributed by atoms with E-state index >= 15 is 0 Å². The molecule has 0 atom stereocenters. The summed E-state index contributed by atoms with van der Waals surface area (Å²) in [5, 5.41) is 8.63. The maximum Gasteiger partial charge on any atom is 0.308 e. The van der Waals surface area contributed by atoms with Crippen molar-refractivity contribution >= 4 is 11.8 Å². The van der Waals surface area contributed by atoms with Crippen LogP contribution in [0.4, 0.5) is 19.0 Å². The van der Waals surface area contributed by atoms with Crippen LogP contribution in [-0.2, 0) is 11.2 Å². The number of aromatic amines is 1. The zero-order valence-corrected chi connectivity index (χ0v) is 10.3. The van der Waals surface area contributed by atoms with Gasteiger partial charge in [-0.1, -0.05) is 0 Å². The molecule has 1 aromatic heterocycles. The molecule has 9 heteroatoms. The van der Waals surface area contributed by atoms with Gasteiger partial charge in [0.2, 0.25) is 0 Å². The van der Waals surface area contributed by atoms with E-state index in [1.807, 2.05) is 0 Å². The van der Waals surface area contributed by atoms with E-state index in [1.165, 1.54) is 0 Å². The van der Waals surface area contributed by atoms with Crippen molar-refractivity contribution in [1.29, 1.82) is 0 Å². The maximum atomic E-state index is 13.1. The van der Waals surface area contributed by atoms with Crippen LogP contribution >= 0.6 is 0 Å². The number of carboxylic acids is 1. The highest BCUT2D eigenvalue weighted by Gasteiger charge is 2.16. The van der Waals surface area contributed by atoms with E-state index in [1.54, 1.807) is 0 Å². The van der Waals surface area contributed by atoms with Gasteiger partial charge in [-0.05, 0) is 12.1 Å². The fraction of sp³-hybridized carbons (Fsp3) is 0.0833. The third-order valence-corrected chi connectivity index (χ3v) is 2.63. The molecule has 0 aliphatic heterocycles. The molecule has 0 saturated carbocycles. The molecule has 0 spiro atoms. The smallest absolute Gasteiger partial charge is 0.308 e. The second-order valence-electron chi connectivity index (χ2n) is 4.10. The molecule has 4 N–H and O–H groups in total. The molecule has 1 heterocycles. The predicted molar refractivity (Wildman–Crippen MR) is 65.9 cm³/mol. The minimum Gasteiger partial charge on any atom is -0.481 e. The van der Waals surface area contributed by atoms with Crippen molar-refractivity contribution in [2.75, 3.05) is 5.73 Å². The molecule has 0 radical (unpaired) electrons. The number of H-pyrrole nitrogens is 1. The summed E-state index contributed by atoms with van der Waals surface area (Å²) >= 11 is 0. The SMILES string of the molecule is Nc1nc(-c2cc(F)c(F)c(F)c2)[nH]c(=O)c1CC(=O)O. The number of anilines is 1. The second-order valence-corrected chi connectivity index (χ2v) is 4.10. The number of nitrogen functional groups attached to an aromatic ring is 1. The zero-order valence-electron chi connectivity index (χ0n) is 10.3. The summed E-state index contributed by atoms with van der Waals surface area (Å²) < 4.78 is 39.1. The van der Waals surface area contributed by atoms with Gasteiger partial charge in [-0.15, -0.1) is 0 Å². The first-order valence-corrected chi connectivity index (χ1v) is 5.55. The second kappa shape index (κ2) is 5.27. The van der Waals surface area contributed by atoms with Crippen molar-refractivity contribution in [3.8, 4) is 11.4 Å². The number of benzene rings is 1. The van der Waals surface area contributed by atoms with Crippen LogP contribution in [0.15, 0.2) is 16.9 Å². The summed E-state index contributed by atoms with van der Waals surface area (Å²) in [6, 6.07) is 1.26. The maximum absolute atomic E-state index is 13.1. The lowest BCUT2D eigenvalue weighted by Crippen LogP contribution is -2.21. The number of carbonyl (C=O) groups is 1. The van der Waals surface area contributed by atoms with Gasteiger partial charge in [-0.25, -0.2) is 18.2 Å². The molecule has 21 heavy (non-hydrogen) atoms. The molecule has 0 amide bonds. The van der Waals surface area contributed by atoms with E-state index in [-0.39, 0.29) is 22.8 Å². The van der Waals surface area contributed by atoms with Gasteiger partial charge in [0, 0.05) is 5.56 Å². The normalized spacial score (nSPS) is 10.6. The Bertz CT molecular complexity index is 766. The Labute approximate surface area is 115 Å². The largest absolute Gasteiger partial charge is 0.481 e. The Kier molecular flexibility index (Phi) is 3.66. The summed E-state index contributed by atoms with van der Waals surface area (Å²) in [6.45, 7) is 0. The van der Waals surface area contributed by atoms with Crippen molar-refractivity contribution < 1.29 is 23.1 Å². The van der Waals surface area contributed by atoms with E-state index in [0.29, 0.717) is 12.1 Å². The van der Waals surface area contributed by atoms with Gasteiger partial charge in [-0.3, -0.25) is 9.59 Å². The molecular formula is C12H8F3N3O3. The fourth-order valence-corrected chi connectivity index (χ4v) is 1.67. The number of hydrogen-bond donors (Lipinski definition) is 3. The topological polar surface area (TPSA) is 109 Å². The van der Waals surface area contributed by atoms with Gasteiger partial charge in [0.15, 0.2) is 17.5 Å². The van der Waals surface area contributed by atoms with E-state index < -0.39 is 35.4 Å². The van der Waals surface area contributed by atoms with Crippen molar-refractivity contribution in [2.24, 2.45) is 0 Å². The number of nitrogens with one attached hydrogen (secondary N) is 1. The Hall–Kier alpha value is -2.84. The third-order valence-electron chi connectivity index (χ3n) is 2.63. The zero-order chi connectivity index (χ0) is 15.7. The highest BCUT2D eigenvalue weighted by Crippen LogP contribution is 2.21. The lowest BCUT2D eigenvalue weighted by Gasteiger charge is -2.06. The van der Waals surface area contributed by atoms with Crippen LogP contribution in [0.1, 0.15) is 5.56 Å². The minimum absolute atomic E-state index is 0.239. The van der Waals surface area contributed by atoms with Crippen molar-refractivity contribution in [3.05, 3.63) is 45.5 Å². The van der Waals surface area contributed by atoms with Crippen molar-refractivity contribution in [2.45, 2.75) is 6.42 Å². The van der Waals surface area contributed by atoms with Gasteiger partial charge in [-0.2, -0.15) is 0 Å². The Morgan fingerprint density at radius 1 is 1.29 bits per heavy atom. The first-order chi connectivity index (χ1) is 9.79. The van der Waals surface area contributed by atoms with Crippen molar-refractivity contribution in [1.82, 2.24) is 9.97 Å². The quantitative estimate of drug-likeness (QED) is 0.734. The van der Waals surface area contributed by atoms with Gasteiger partial charge in [0.25, 0.3) is 5.56 Å². The average molecular weight is 299 g/mol. The molecule has 1 aromatic carbocycles. The number of hydrogen-bond acceptors (Lipinski definition) is 4. The summed E-state index contributed by atoms with van der Waals surface area (Å²) in [5.74, 6) is -6.55. The lowest BCUT2D eigenvalue weighted by molar-refractivity contribution is -0.136. The van der Waals surface area contributed by atoms with Crippen LogP contribution in [-0.4, -0.2) is 21.0 Å². The van der Waals surface area contributed by atoms with Crippen LogP contribution in [0, 0.1) is 17.5 Å². The molecule has 0 aliphatic carbocycles. The van der Waals surface area contributed by atoms with E-state index in [0.717, 1.165) is 0 Å². The van der Waals surface area contributed by atoms with Gasteiger partial charge >= 0.3 is 5.97 Å². The molecule has 2 rings (SSSR count). The van der Waals surface area contributed by atoms with Crippen LogP contribution in [0.3, 0.4) is 0 Å². The molecule has 110 valence electrons. The molecule has 0 saturated heterocycles. The minimum atomic E-state index is -1.66. The first-order valence-electron chi connectivity index (χ1n) is 5.55. The molecular weight excluding hydrogens is 291 g/mol.